The molecule has 0 radical (unpaired) electrons. The number of amides is 1. The van der Waals surface area contributed by atoms with E-state index >= 15 is 0 Å². The van der Waals surface area contributed by atoms with Crippen LogP contribution in [0.1, 0.15) is 16.8 Å². The molecule has 0 saturated carbocycles. The number of hydrogen-bond donors (Lipinski definition) is 2. The molecule has 0 atom stereocenters. The van der Waals surface area contributed by atoms with E-state index in [2.05, 4.69) is 10.3 Å². The van der Waals surface area contributed by atoms with E-state index in [-0.39, 0.29) is 19.1 Å². The topological polar surface area (TPSA) is 71.5 Å². The average Bonchev–Trinajstić information content (AvgIpc) is 2.53. The zero-order valence-electron chi connectivity index (χ0n) is 11.9. The fourth-order valence-corrected chi connectivity index (χ4v) is 1.70. The number of aliphatic hydroxyl groups excluding tert-OH is 1. The van der Waals surface area contributed by atoms with Crippen LogP contribution in [0.25, 0.3) is 0 Å². The molecule has 2 rings (SSSR count). The van der Waals surface area contributed by atoms with Gasteiger partial charge in [-0.05, 0) is 24.6 Å². The van der Waals surface area contributed by atoms with Crippen LogP contribution in [0.15, 0.2) is 42.6 Å². The normalized spacial score (nSPS) is 10.2. The predicted octanol–water partition coefficient (Wildman–Crippen LogP) is 1.58. The van der Waals surface area contributed by atoms with Crippen molar-refractivity contribution in [2.24, 2.45) is 0 Å². The van der Waals surface area contributed by atoms with E-state index in [1.54, 1.807) is 12.1 Å². The van der Waals surface area contributed by atoms with Gasteiger partial charge in [-0.2, -0.15) is 0 Å². The van der Waals surface area contributed by atoms with Crippen LogP contribution in [-0.4, -0.2) is 22.6 Å². The lowest BCUT2D eigenvalue weighted by molar-refractivity contribution is -0.123. The number of pyridine rings is 1. The number of aromatic nitrogens is 1. The number of carbonyl (C=O) groups is 1. The number of aliphatic hydroxyl groups is 1. The van der Waals surface area contributed by atoms with Crippen LogP contribution in [0.5, 0.6) is 5.75 Å². The average molecular weight is 286 g/mol. The molecule has 0 aliphatic heterocycles. The Morgan fingerprint density at radius 2 is 2.00 bits per heavy atom. The molecule has 5 nitrogen and oxygen atoms in total. The number of hydrogen-bond acceptors (Lipinski definition) is 4. The fourth-order valence-electron chi connectivity index (χ4n) is 1.70. The first-order chi connectivity index (χ1) is 10.2. The van der Waals surface area contributed by atoms with Gasteiger partial charge in [0, 0.05) is 6.54 Å². The van der Waals surface area contributed by atoms with E-state index in [4.69, 9.17) is 9.84 Å². The summed E-state index contributed by atoms with van der Waals surface area (Å²) in [6.07, 6.45) is 1.48. The molecule has 110 valence electrons. The number of ether oxygens (including phenoxy) is 1. The van der Waals surface area contributed by atoms with Crippen molar-refractivity contribution >= 4 is 5.91 Å². The number of rotatable bonds is 6. The molecule has 1 aromatic carbocycles. The van der Waals surface area contributed by atoms with Crippen molar-refractivity contribution < 1.29 is 14.6 Å². The van der Waals surface area contributed by atoms with Gasteiger partial charge < -0.3 is 15.2 Å². The number of benzene rings is 1. The van der Waals surface area contributed by atoms with Crippen LogP contribution >= 0.6 is 0 Å². The third kappa shape index (κ3) is 4.89. The molecule has 0 fully saturated rings. The summed E-state index contributed by atoms with van der Waals surface area (Å²) in [6.45, 7) is 2.32. The summed E-state index contributed by atoms with van der Waals surface area (Å²) in [5.74, 6) is 0.305. The predicted molar refractivity (Wildman–Crippen MR) is 78.7 cm³/mol. The van der Waals surface area contributed by atoms with Crippen LogP contribution in [-0.2, 0) is 17.9 Å². The smallest absolute Gasteiger partial charge is 0.258 e. The van der Waals surface area contributed by atoms with Crippen molar-refractivity contribution in [3.8, 4) is 5.75 Å². The molecule has 0 spiro atoms. The Bertz CT molecular complexity index is 579. The second kappa shape index (κ2) is 7.40. The molecule has 0 aliphatic rings. The van der Waals surface area contributed by atoms with Crippen LogP contribution in [0.3, 0.4) is 0 Å². The molecule has 21 heavy (non-hydrogen) atoms. The highest BCUT2D eigenvalue weighted by atomic mass is 16.5. The Morgan fingerprint density at radius 1 is 1.24 bits per heavy atom. The van der Waals surface area contributed by atoms with Gasteiger partial charge in [0.2, 0.25) is 0 Å². The van der Waals surface area contributed by atoms with Crippen molar-refractivity contribution in [2.75, 3.05) is 6.61 Å². The van der Waals surface area contributed by atoms with Crippen molar-refractivity contribution in [2.45, 2.75) is 20.1 Å². The third-order valence-electron chi connectivity index (χ3n) is 2.94. The molecule has 0 unspecified atom stereocenters. The van der Waals surface area contributed by atoms with Crippen LogP contribution in [0.2, 0.25) is 0 Å². The summed E-state index contributed by atoms with van der Waals surface area (Å²) in [7, 11) is 0. The zero-order valence-corrected chi connectivity index (χ0v) is 11.9. The first kappa shape index (κ1) is 15.0. The van der Waals surface area contributed by atoms with E-state index in [1.165, 1.54) is 11.8 Å². The van der Waals surface area contributed by atoms with Crippen molar-refractivity contribution in [3.63, 3.8) is 0 Å². The number of aryl methyl sites for hydroxylation is 1. The van der Waals surface area contributed by atoms with E-state index in [0.717, 1.165) is 5.56 Å². The minimum atomic E-state index is -0.193. The Balaban J connectivity index is 1.75. The van der Waals surface area contributed by atoms with E-state index in [1.807, 2.05) is 31.2 Å². The molecule has 0 bridgehead atoms. The Kier molecular flexibility index (Phi) is 5.29. The van der Waals surface area contributed by atoms with Gasteiger partial charge in [0.25, 0.3) is 5.91 Å². The summed E-state index contributed by atoms with van der Waals surface area (Å²) < 4.78 is 5.32. The molecule has 0 aliphatic carbocycles. The van der Waals surface area contributed by atoms with Crippen LogP contribution in [0.4, 0.5) is 0 Å². The van der Waals surface area contributed by atoms with Gasteiger partial charge in [-0.15, -0.1) is 0 Å². The van der Waals surface area contributed by atoms with Gasteiger partial charge in [0.05, 0.1) is 18.5 Å². The lowest BCUT2D eigenvalue weighted by Gasteiger charge is -2.08. The quantitative estimate of drug-likeness (QED) is 0.845. The lowest BCUT2D eigenvalue weighted by atomic mass is 10.1. The number of nitrogens with zero attached hydrogens (tertiary/aromatic N) is 1. The molecule has 1 amide bonds. The van der Waals surface area contributed by atoms with Crippen LogP contribution < -0.4 is 10.1 Å². The number of carbonyl (C=O) groups excluding carboxylic acids is 1. The molecule has 0 saturated heterocycles. The second-order valence-electron chi connectivity index (χ2n) is 4.69. The largest absolute Gasteiger partial charge is 0.482 e. The van der Waals surface area contributed by atoms with Crippen molar-refractivity contribution in [1.82, 2.24) is 10.3 Å². The molecular weight excluding hydrogens is 268 g/mol. The fraction of sp³-hybridized carbons (Fsp3) is 0.250. The van der Waals surface area contributed by atoms with Crippen molar-refractivity contribution in [3.05, 3.63) is 59.4 Å². The first-order valence-electron chi connectivity index (χ1n) is 6.68. The molecule has 5 heteroatoms. The molecule has 1 heterocycles. The maximum atomic E-state index is 11.7. The lowest BCUT2D eigenvalue weighted by Crippen LogP contribution is -2.28. The summed E-state index contributed by atoms with van der Waals surface area (Å²) in [5, 5.41) is 11.7. The molecular formula is C16H18N2O3. The Hall–Kier alpha value is -2.40. The molecule has 2 aromatic rings. The van der Waals surface area contributed by atoms with Gasteiger partial charge in [0.15, 0.2) is 6.61 Å². The van der Waals surface area contributed by atoms with E-state index < -0.39 is 0 Å². The minimum absolute atomic E-state index is 0.0635. The Labute approximate surface area is 123 Å². The maximum absolute atomic E-state index is 11.7. The van der Waals surface area contributed by atoms with Crippen molar-refractivity contribution in [1.29, 1.82) is 0 Å². The second-order valence-corrected chi connectivity index (χ2v) is 4.69. The summed E-state index contributed by atoms with van der Waals surface area (Å²) in [5.41, 5.74) is 2.79. The van der Waals surface area contributed by atoms with Gasteiger partial charge in [-0.25, -0.2) is 0 Å². The highest BCUT2D eigenvalue weighted by Gasteiger charge is 2.03. The summed E-state index contributed by atoms with van der Waals surface area (Å²) >= 11 is 0. The van der Waals surface area contributed by atoms with E-state index in [0.29, 0.717) is 18.0 Å². The van der Waals surface area contributed by atoms with Gasteiger partial charge in [-0.1, -0.05) is 29.8 Å². The third-order valence-corrected chi connectivity index (χ3v) is 2.94. The monoisotopic (exact) mass is 286 g/mol. The van der Waals surface area contributed by atoms with Gasteiger partial charge in [-0.3, -0.25) is 9.78 Å². The van der Waals surface area contributed by atoms with Gasteiger partial charge >= 0.3 is 0 Å². The minimum Gasteiger partial charge on any atom is -0.482 e. The SMILES string of the molecule is Cc1ccc(CNC(=O)COc2ccc(CO)nc2)cc1. The molecule has 2 N–H and O–H groups in total. The Morgan fingerprint density at radius 3 is 2.62 bits per heavy atom. The maximum Gasteiger partial charge on any atom is 0.258 e. The summed E-state index contributed by atoms with van der Waals surface area (Å²) in [6, 6.07) is 11.3. The summed E-state index contributed by atoms with van der Waals surface area (Å²) in [4.78, 5) is 15.7. The van der Waals surface area contributed by atoms with Crippen LogP contribution in [0, 0.1) is 6.92 Å². The number of nitrogens with one attached hydrogen (secondary N) is 1. The standard InChI is InChI=1S/C16H18N2O3/c1-12-2-4-13(5-3-12)8-18-16(20)11-21-15-7-6-14(10-19)17-9-15/h2-7,9,19H,8,10-11H2,1H3,(H,18,20). The molecule has 1 aromatic heterocycles. The van der Waals surface area contributed by atoms with E-state index in [9.17, 15) is 4.79 Å². The highest BCUT2D eigenvalue weighted by molar-refractivity contribution is 5.77. The first-order valence-corrected chi connectivity index (χ1v) is 6.68. The highest BCUT2D eigenvalue weighted by Crippen LogP contribution is 2.08. The van der Waals surface area contributed by atoms with Gasteiger partial charge in [0.1, 0.15) is 5.75 Å². The zero-order chi connectivity index (χ0) is 15.1.